The molecule has 0 unspecified atom stereocenters. The molecule has 0 nitrogen and oxygen atoms in total. The molecule has 1 saturated carbocycles. The molecule has 1 aliphatic carbocycles. The molecule has 0 heterocycles. The molecular weight excluding hydrogens is 107 g/mol. The van der Waals surface area contributed by atoms with E-state index in [0.29, 0.717) is 5.82 Å². The molecule has 0 saturated heterocycles. The lowest BCUT2D eigenvalue weighted by Gasteiger charge is -2.18. The van der Waals surface area contributed by atoms with Crippen LogP contribution in [0.15, 0.2) is 0 Å². The summed E-state index contributed by atoms with van der Waals surface area (Å²) in [6, 6.07) is 0. The molecule has 2 radical (unpaired) electrons. The van der Waals surface area contributed by atoms with E-state index in [1.165, 1.54) is 19.3 Å². The maximum absolute atomic E-state index is 5.88. The van der Waals surface area contributed by atoms with Crippen molar-refractivity contribution in [3.63, 3.8) is 0 Å². The normalized spacial score (nSPS) is 35.9. The first-order chi connectivity index (χ1) is 4.22. The van der Waals surface area contributed by atoms with E-state index in [1.54, 1.807) is 0 Å². The summed E-state index contributed by atoms with van der Waals surface area (Å²) in [6.07, 6.45) is 3.96. The third-order valence-electron chi connectivity index (χ3n) is 2.48. The summed E-state index contributed by atoms with van der Waals surface area (Å²) in [5.41, 5.74) is 0. The Hall–Kier alpha value is 0.0649. The van der Waals surface area contributed by atoms with Crippen LogP contribution >= 0.6 is 0 Å². The molecule has 0 amide bonds. The molecule has 0 bridgehead atoms. The van der Waals surface area contributed by atoms with Crippen molar-refractivity contribution in [2.24, 2.45) is 11.8 Å². The van der Waals surface area contributed by atoms with Crippen LogP contribution in [-0.4, -0.2) is 7.85 Å². The fourth-order valence-corrected chi connectivity index (χ4v) is 1.85. The second kappa shape index (κ2) is 2.77. The second-order valence-electron chi connectivity index (χ2n) is 3.50. The third kappa shape index (κ3) is 1.50. The molecule has 1 rings (SSSR count). The first-order valence-corrected chi connectivity index (χ1v) is 3.97. The Morgan fingerprint density at radius 3 is 2.22 bits per heavy atom. The molecule has 0 aromatic rings. The first kappa shape index (κ1) is 7.18. The van der Waals surface area contributed by atoms with Crippen LogP contribution in [0.4, 0.5) is 0 Å². The molecule has 0 N–H and O–H groups in total. The van der Waals surface area contributed by atoms with Gasteiger partial charge in [-0.05, 0) is 11.8 Å². The highest BCUT2D eigenvalue weighted by Crippen LogP contribution is 2.38. The Balaban J connectivity index is 2.40. The van der Waals surface area contributed by atoms with Gasteiger partial charge in [-0.25, -0.2) is 0 Å². The number of rotatable bonds is 1. The summed E-state index contributed by atoms with van der Waals surface area (Å²) < 4.78 is 0. The molecule has 0 aromatic carbocycles. The molecule has 1 fully saturated rings. The van der Waals surface area contributed by atoms with Crippen LogP contribution in [0.2, 0.25) is 5.82 Å². The Morgan fingerprint density at radius 1 is 1.33 bits per heavy atom. The summed E-state index contributed by atoms with van der Waals surface area (Å²) >= 11 is 0. The van der Waals surface area contributed by atoms with Crippen molar-refractivity contribution in [1.82, 2.24) is 0 Å². The van der Waals surface area contributed by atoms with Gasteiger partial charge in [0, 0.05) is 0 Å². The Kier molecular flexibility index (Phi) is 2.20. The van der Waals surface area contributed by atoms with Gasteiger partial charge in [0.1, 0.15) is 0 Å². The van der Waals surface area contributed by atoms with Gasteiger partial charge in [0.2, 0.25) is 0 Å². The molecule has 1 aliphatic rings. The SMILES string of the molecule is [B][C@H]1CCC[C@@H]1C(C)C. The summed E-state index contributed by atoms with van der Waals surface area (Å²) in [6.45, 7) is 4.55. The smallest absolute Gasteiger partial charge is 0.0703 e. The fraction of sp³-hybridized carbons (Fsp3) is 1.00. The summed E-state index contributed by atoms with van der Waals surface area (Å²) in [5.74, 6) is 2.11. The van der Waals surface area contributed by atoms with Crippen molar-refractivity contribution in [3.05, 3.63) is 0 Å². The van der Waals surface area contributed by atoms with Crippen LogP contribution in [0.1, 0.15) is 33.1 Å². The van der Waals surface area contributed by atoms with E-state index in [-0.39, 0.29) is 0 Å². The van der Waals surface area contributed by atoms with Crippen LogP contribution in [0.5, 0.6) is 0 Å². The van der Waals surface area contributed by atoms with Crippen molar-refractivity contribution >= 4 is 7.85 Å². The van der Waals surface area contributed by atoms with Gasteiger partial charge in [0.05, 0.1) is 7.85 Å². The van der Waals surface area contributed by atoms with E-state index in [9.17, 15) is 0 Å². The Morgan fingerprint density at radius 2 is 2.00 bits per heavy atom. The van der Waals surface area contributed by atoms with Gasteiger partial charge in [0.25, 0.3) is 0 Å². The van der Waals surface area contributed by atoms with E-state index in [4.69, 9.17) is 7.85 Å². The summed E-state index contributed by atoms with van der Waals surface area (Å²) in [7, 11) is 5.88. The Bertz CT molecular complexity index is 88.6. The van der Waals surface area contributed by atoms with E-state index in [0.717, 1.165) is 11.8 Å². The van der Waals surface area contributed by atoms with E-state index in [2.05, 4.69) is 13.8 Å². The van der Waals surface area contributed by atoms with Gasteiger partial charge >= 0.3 is 0 Å². The quantitative estimate of drug-likeness (QED) is 0.468. The minimum Gasteiger partial charge on any atom is -0.0744 e. The molecule has 9 heavy (non-hydrogen) atoms. The zero-order valence-electron chi connectivity index (χ0n) is 6.43. The average molecular weight is 122 g/mol. The maximum Gasteiger partial charge on any atom is 0.0703 e. The van der Waals surface area contributed by atoms with Crippen molar-refractivity contribution in [3.8, 4) is 0 Å². The maximum atomic E-state index is 5.88. The minimum absolute atomic E-state index is 0.505. The monoisotopic (exact) mass is 122 g/mol. The predicted octanol–water partition coefficient (Wildman–Crippen LogP) is 2.40. The molecule has 1 heteroatoms. The zero-order chi connectivity index (χ0) is 6.85. The highest BCUT2D eigenvalue weighted by molar-refractivity contribution is 6.12. The lowest BCUT2D eigenvalue weighted by Crippen LogP contribution is -2.09. The van der Waals surface area contributed by atoms with E-state index < -0.39 is 0 Å². The fourth-order valence-electron chi connectivity index (χ4n) is 1.85. The van der Waals surface area contributed by atoms with Gasteiger partial charge in [-0.2, -0.15) is 0 Å². The zero-order valence-corrected chi connectivity index (χ0v) is 6.43. The highest BCUT2D eigenvalue weighted by atomic mass is 14.3. The molecule has 2 atom stereocenters. The van der Waals surface area contributed by atoms with Crippen LogP contribution in [-0.2, 0) is 0 Å². The minimum atomic E-state index is 0.505. The van der Waals surface area contributed by atoms with Gasteiger partial charge in [-0.1, -0.05) is 38.9 Å². The van der Waals surface area contributed by atoms with Crippen molar-refractivity contribution in [2.75, 3.05) is 0 Å². The van der Waals surface area contributed by atoms with Gasteiger partial charge in [-0.15, -0.1) is 0 Å². The Labute approximate surface area is 59.4 Å². The van der Waals surface area contributed by atoms with Crippen molar-refractivity contribution < 1.29 is 0 Å². The summed E-state index contributed by atoms with van der Waals surface area (Å²) in [5, 5.41) is 0. The van der Waals surface area contributed by atoms with Gasteiger partial charge in [0.15, 0.2) is 0 Å². The number of hydrogen-bond acceptors (Lipinski definition) is 0. The highest BCUT2D eigenvalue weighted by Gasteiger charge is 2.24. The van der Waals surface area contributed by atoms with E-state index in [1.807, 2.05) is 0 Å². The molecule has 0 spiro atoms. The van der Waals surface area contributed by atoms with Crippen LogP contribution in [0, 0.1) is 11.8 Å². The van der Waals surface area contributed by atoms with Crippen molar-refractivity contribution in [2.45, 2.75) is 38.9 Å². The standard InChI is InChI=1S/C8H15B/c1-6(2)7-4-3-5-8(7)9/h6-8H,3-5H2,1-2H3/t7-,8+/m1/s1. The van der Waals surface area contributed by atoms with Crippen molar-refractivity contribution in [1.29, 1.82) is 0 Å². The lowest BCUT2D eigenvalue weighted by atomic mass is 9.74. The largest absolute Gasteiger partial charge is 0.0744 e. The average Bonchev–Trinajstić information content (AvgIpc) is 2.13. The van der Waals surface area contributed by atoms with Crippen LogP contribution < -0.4 is 0 Å². The predicted molar refractivity (Wildman–Crippen MR) is 41.7 cm³/mol. The topological polar surface area (TPSA) is 0 Å². The molecular formula is C8H15B. The van der Waals surface area contributed by atoms with E-state index >= 15 is 0 Å². The van der Waals surface area contributed by atoms with Gasteiger partial charge < -0.3 is 0 Å². The van der Waals surface area contributed by atoms with Crippen LogP contribution in [0.25, 0.3) is 0 Å². The molecule has 0 aliphatic heterocycles. The van der Waals surface area contributed by atoms with Crippen LogP contribution in [0.3, 0.4) is 0 Å². The second-order valence-corrected chi connectivity index (χ2v) is 3.50. The van der Waals surface area contributed by atoms with Gasteiger partial charge in [-0.3, -0.25) is 0 Å². The lowest BCUT2D eigenvalue weighted by molar-refractivity contribution is 0.397. The molecule has 0 aromatic heterocycles. The number of hydrogen-bond donors (Lipinski definition) is 0. The molecule has 50 valence electrons. The first-order valence-electron chi connectivity index (χ1n) is 3.97. The summed E-state index contributed by atoms with van der Waals surface area (Å²) in [4.78, 5) is 0. The third-order valence-corrected chi connectivity index (χ3v) is 2.48.